The standard InChI is InChI=1S/C17H13BrN2O2S2/c18-15-8-7-14(24-15)17(22)20-19-16(21)10-23-13-6-5-11-3-1-2-4-12(11)9-13/h1-9H,10H2,(H,19,21)(H,20,22). The molecule has 0 spiro atoms. The average molecular weight is 421 g/mol. The molecule has 0 unspecified atom stereocenters. The summed E-state index contributed by atoms with van der Waals surface area (Å²) in [5.74, 6) is -0.348. The Bertz CT molecular complexity index is 895. The van der Waals surface area contributed by atoms with E-state index in [0.717, 1.165) is 14.1 Å². The van der Waals surface area contributed by atoms with E-state index in [4.69, 9.17) is 0 Å². The first-order valence-corrected chi connectivity index (χ1v) is 9.67. The smallest absolute Gasteiger partial charge is 0.272 e. The minimum absolute atomic E-state index is 0.229. The molecule has 24 heavy (non-hydrogen) atoms. The zero-order valence-electron chi connectivity index (χ0n) is 12.4. The maximum absolute atomic E-state index is 11.9. The summed E-state index contributed by atoms with van der Waals surface area (Å²) in [6.45, 7) is 0. The van der Waals surface area contributed by atoms with Gasteiger partial charge < -0.3 is 0 Å². The molecule has 0 aliphatic heterocycles. The molecular formula is C17H13BrN2O2S2. The number of carbonyl (C=O) groups is 2. The van der Waals surface area contributed by atoms with Crippen LogP contribution in [0.15, 0.2) is 63.3 Å². The van der Waals surface area contributed by atoms with Crippen LogP contribution in [0.2, 0.25) is 0 Å². The van der Waals surface area contributed by atoms with Crippen molar-refractivity contribution in [2.75, 3.05) is 5.75 Å². The molecule has 0 fully saturated rings. The molecule has 0 saturated carbocycles. The molecule has 4 nitrogen and oxygen atoms in total. The number of carbonyl (C=O) groups excluding carboxylic acids is 2. The zero-order valence-corrected chi connectivity index (χ0v) is 15.6. The highest BCUT2D eigenvalue weighted by Gasteiger charge is 2.10. The van der Waals surface area contributed by atoms with Crippen LogP contribution in [0.5, 0.6) is 0 Å². The fourth-order valence-corrected chi connectivity index (χ4v) is 4.09. The van der Waals surface area contributed by atoms with Crippen LogP contribution < -0.4 is 10.9 Å². The lowest BCUT2D eigenvalue weighted by Gasteiger charge is -2.07. The van der Waals surface area contributed by atoms with Crippen LogP contribution in [0.3, 0.4) is 0 Å². The van der Waals surface area contributed by atoms with Crippen molar-refractivity contribution in [1.29, 1.82) is 0 Å². The molecule has 0 bridgehead atoms. The highest BCUT2D eigenvalue weighted by atomic mass is 79.9. The Morgan fingerprint density at radius 2 is 1.79 bits per heavy atom. The van der Waals surface area contributed by atoms with Gasteiger partial charge in [-0.3, -0.25) is 20.4 Å². The van der Waals surface area contributed by atoms with Gasteiger partial charge in [0, 0.05) is 4.90 Å². The van der Waals surface area contributed by atoms with E-state index in [-0.39, 0.29) is 17.6 Å². The van der Waals surface area contributed by atoms with Gasteiger partial charge in [-0.2, -0.15) is 0 Å². The van der Waals surface area contributed by atoms with E-state index in [0.29, 0.717) is 4.88 Å². The summed E-state index contributed by atoms with van der Waals surface area (Å²) >= 11 is 6.03. The first-order chi connectivity index (χ1) is 11.6. The van der Waals surface area contributed by atoms with E-state index in [9.17, 15) is 9.59 Å². The molecule has 122 valence electrons. The van der Waals surface area contributed by atoms with E-state index in [1.54, 1.807) is 12.1 Å². The van der Waals surface area contributed by atoms with Crippen LogP contribution in [-0.4, -0.2) is 17.6 Å². The van der Waals surface area contributed by atoms with Crippen LogP contribution >= 0.6 is 39.0 Å². The van der Waals surface area contributed by atoms with Crippen molar-refractivity contribution >= 4 is 61.6 Å². The molecule has 0 saturated heterocycles. The van der Waals surface area contributed by atoms with Crippen molar-refractivity contribution in [3.8, 4) is 0 Å². The van der Waals surface area contributed by atoms with E-state index in [1.807, 2.05) is 30.3 Å². The van der Waals surface area contributed by atoms with Gasteiger partial charge >= 0.3 is 0 Å². The maximum Gasteiger partial charge on any atom is 0.279 e. The van der Waals surface area contributed by atoms with Crippen molar-refractivity contribution < 1.29 is 9.59 Å². The lowest BCUT2D eigenvalue weighted by molar-refractivity contribution is -0.119. The van der Waals surface area contributed by atoms with Crippen molar-refractivity contribution in [2.45, 2.75) is 4.90 Å². The van der Waals surface area contributed by atoms with E-state index < -0.39 is 0 Å². The van der Waals surface area contributed by atoms with Gasteiger partial charge in [-0.1, -0.05) is 30.3 Å². The number of hydrogen-bond donors (Lipinski definition) is 2. The summed E-state index contributed by atoms with van der Waals surface area (Å²) in [7, 11) is 0. The van der Waals surface area contributed by atoms with Crippen molar-refractivity contribution in [1.82, 2.24) is 10.9 Å². The molecule has 0 radical (unpaired) electrons. The van der Waals surface area contributed by atoms with Gasteiger partial charge in [-0.15, -0.1) is 23.1 Å². The van der Waals surface area contributed by atoms with Gasteiger partial charge in [-0.25, -0.2) is 0 Å². The molecule has 7 heteroatoms. The molecule has 1 aromatic heterocycles. The summed E-state index contributed by atoms with van der Waals surface area (Å²) in [5, 5.41) is 2.31. The van der Waals surface area contributed by atoms with Crippen LogP contribution in [0.1, 0.15) is 9.67 Å². The quantitative estimate of drug-likeness (QED) is 0.490. The SMILES string of the molecule is O=C(CSc1ccc2ccccc2c1)NNC(=O)c1ccc(Br)s1. The molecule has 1 heterocycles. The van der Waals surface area contributed by atoms with Gasteiger partial charge in [0.15, 0.2) is 0 Å². The molecule has 0 aliphatic rings. The topological polar surface area (TPSA) is 58.2 Å². The predicted molar refractivity (Wildman–Crippen MR) is 102 cm³/mol. The Balaban J connectivity index is 1.50. The molecule has 2 N–H and O–H groups in total. The molecule has 2 aromatic carbocycles. The molecule has 3 aromatic rings. The monoisotopic (exact) mass is 420 g/mol. The van der Waals surface area contributed by atoms with Crippen LogP contribution in [0.4, 0.5) is 0 Å². The normalized spacial score (nSPS) is 10.5. The van der Waals surface area contributed by atoms with Crippen LogP contribution in [0.25, 0.3) is 10.8 Å². The fraction of sp³-hybridized carbons (Fsp3) is 0.0588. The van der Waals surface area contributed by atoms with Gasteiger partial charge in [0.25, 0.3) is 5.91 Å². The number of amides is 2. The van der Waals surface area contributed by atoms with Crippen molar-refractivity contribution in [3.63, 3.8) is 0 Å². The van der Waals surface area contributed by atoms with Gasteiger partial charge in [0.2, 0.25) is 5.91 Å². The number of nitrogens with one attached hydrogen (secondary N) is 2. The third-order valence-corrected chi connectivity index (χ3v) is 5.82. The second-order valence-electron chi connectivity index (χ2n) is 4.90. The second kappa shape index (κ2) is 7.83. The molecule has 2 amide bonds. The molecule has 0 aliphatic carbocycles. The second-order valence-corrected chi connectivity index (χ2v) is 8.42. The van der Waals surface area contributed by atoms with E-state index in [1.165, 1.54) is 28.5 Å². The summed E-state index contributed by atoms with van der Waals surface area (Å²) < 4.78 is 0.867. The number of hydrogen-bond acceptors (Lipinski definition) is 4. The summed E-state index contributed by atoms with van der Waals surface area (Å²) in [5.41, 5.74) is 4.85. The van der Waals surface area contributed by atoms with Crippen LogP contribution in [0, 0.1) is 0 Å². The number of halogens is 1. The molecule has 3 rings (SSSR count). The molecular weight excluding hydrogens is 408 g/mol. The number of rotatable bonds is 4. The zero-order chi connectivity index (χ0) is 16.9. The highest BCUT2D eigenvalue weighted by molar-refractivity contribution is 9.11. The Labute approximate surface area is 155 Å². The summed E-state index contributed by atoms with van der Waals surface area (Å²) in [4.78, 5) is 25.3. The Hall–Kier alpha value is -1.83. The van der Waals surface area contributed by atoms with Gasteiger partial charge in [0.05, 0.1) is 14.4 Å². The Kier molecular flexibility index (Phi) is 5.55. The first-order valence-electron chi connectivity index (χ1n) is 7.08. The number of fused-ring (bicyclic) bond motifs is 1. The van der Waals surface area contributed by atoms with Crippen molar-refractivity contribution in [3.05, 3.63) is 63.3 Å². The van der Waals surface area contributed by atoms with E-state index in [2.05, 4.69) is 38.9 Å². The van der Waals surface area contributed by atoms with E-state index >= 15 is 0 Å². The van der Waals surface area contributed by atoms with Gasteiger partial charge in [0.1, 0.15) is 0 Å². The molecule has 0 atom stereocenters. The fourth-order valence-electron chi connectivity index (χ4n) is 2.07. The van der Waals surface area contributed by atoms with Crippen LogP contribution in [-0.2, 0) is 4.79 Å². The minimum Gasteiger partial charge on any atom is -0.272 e. The average Bonchev–Trinajstić information content (AvgIpc) is 3.04. The maximum atomic E-state index is 11.9. The summed E-state index contributed by atoms with van der Waals surface area (Å²) in [6.07, 6.45) is 0. The Morgan fingerprint density at radius 3 is 2.54 bits per heavy atom. The Morgan fingerprint density at radius 1 is 1.00 bits per heavy atom. The third-order valence-electron chi connectivity index (χ3n) is 3.20. The van der Waals surface area contributed by atoms with Gasteiger partial charge in [-0.05, 0) is 51.0 Å². The summed E-state index contributed by atoms with van der Waals surface area (Å²) in [6, 6.07) is 17.6. The van der Waals surface area contributed by atoms with Crippen molar-refractivity contribution in [2.24, 2.45) is 0 Å². The lowest BCUT2D eigenvalue weighted by Crippen LogP contribution is -2.42. The number of thiophene rings is 1. The number of thioether (sulfide) groups is 1. The predicted octanol–water partition coefficient (Wildman–Crippen LogP) is 4.22. The number of hydrazine groups is 1. The largest absolute Gasteiger partial charge is 0.279 e. The third kappa shape index (κ3) is 4.37. The lowest BCUT2D eigenvalue weighted by atomic mass is 10.1. The first kappa shape index (κ1) is 17.0. The minimum atomic E-state index is -0.324. The highest BCUT2D eigenvalue weighted by Crippen LogP contribution is 2.23. The number of benzene rings is 2.